The fourth-order valence-corrected chi connectivity index (χ4v) is 5.00. The summed E-state index contributed by atoms with van der Waals surface area (Å²) in [7, 11) is 0. The van der Waals surface area contributed by atoms with E-state index in [2.05, 4.69) is 45.0 Å². The highest BCUT2D eigenvalue weighted by molar-refractivity contribution is 6.30. The molecule has 1 fully saturated rings. The van der Waals surface area contributed by atoms with Crippen LogP contribution < -0.4 is 5.32 Å². The standard InChI is InChI=1S/C28H29ClN6O/c1-18-5-2-8-21(15-18)28-34-27-25(35(28)17-19-10-12-22(29)13-11-19)26(32-24(16-30)33-27)31-23(9-4-14-36)20-6-3-7-20/h2,5,8,10-13,15,20,23,36H,3-4,6-7,9,14,17H2,1H3,(H,31,32,33)/t23-/m1/s1. The van der Waals surface area contributed by atoms with Gasteiger partial charge in [-0.25, -0.2) is 4.98 Å². The van der Waals surface area contributed by atoms with Crippen LogP contribution in [0, 0.1) is 24.2 Å². The lowest BCUT2D eigenvalue weighted by molar-refractivity contribution is 0.236. The van der Waals surface area contributed by atoms with E-state index in [4.69, 9.17) is 16.6 Å². The van der Waals surface area contributed by atoms with Crippen LogP contribution in [0.3, 0.4) is 0 Å². The molecule has 184 valence electrons. The minimum Gasteiger partial charge on any atom is -0.396 e. The first kappa shape index (κ1) is 24.2. The average molecular weight is 501 g/mol. The molecule has 1 atom stereocenters. The minimum absolute atomic E-state index is 0.0893. The Hall–Kier alpha value is -3.47. The van der Waals surface area contributed by atoms with Gasteiger partial charge >= 0.3 is 0 Å². The average Bonchev–Trinajstić information content (AvgIpc) is 3.21. The maximum Gasteiger partial charge on any atom is 0.236 e. The molecular formula is C28H29ClN6O. The van der Waals surface area contributed by atoms with Crippen molar-refractivity contribution in [3.05, 3.63) is 70.5 Å². The molecule has 2 aromatic heterocycles. The second-order valence-corrected chi connectivity index (χ2v) is 9.94. The van der Waals surface area contributed by atoms with Gasteiger partial charge in [0.1, 0.15) is 17.4 Å². The Labute approximate surface area is 215 Å². The van der Waals surface area contributed by atoms with E-state index >= 15 is 0 Å². The Morgan fingerprint density at radius 1 is 1.17 bits per heavy atom. The molecule has 4 aromatic rings. The predicted octanol–water partition coefficient (Wildman–Crippen LogP) is 5.73. The van der Waals surface area contributed by atoms with Gasteiger partial charge in [0.15, 0.2) is 11.5 Å². The Bertz CT molecular complexity index is 1400. The van der Waals surface area contributed by atoms with Crippen molar-refractivity contribution in [1.82, 2.24) is 19.5 Å². The smallest absolute Gasteiger partial charge is 0.236 e. The maximum absolute atomic E-state index is 9.67. The number of nitriles is 1. The molecule has 0 saturated heterocycles. The van der Waals surface area contributed by atoms with Gasteiger partial charge in [0.05, 0.1) is 0 Å². The van der Waals surface area contributed by atoms with E-state index in [0.717, 1.165) is 47.3 Å². The zero-order valence-electron chi connectivity index (χ0n) is 20.3. The van der Waals surface area contributed by atoms with E-state index in [1.165, 1.54) is 6.42 Å². The number of halogens is 1. The van der Waals surface area contributed by atoms with E-state index in [9.17, 15) is 10.4 Å². The normalized spacial score (nSPS) is 14.4. The van der Waals surface area contributed by atoms with Crippen LogP contribution in [0.2, 0.25) is 5.02 Å². The number of aryl methyl sites for hydroxylation is 1. The van der Waals surface area contributed by atoms with Gasteiger partial charge in [-0.05, 0) is 62.3 Å². The Morgan fingerprint density at radius 3 is 2.64 bits per heavy atom. The molecule has 0 amide bonds. The summed E-state index contributed by atoms with van der Waals surface area (Å²) in [5.74, 6) is 2.00. The fraction of sp³-hybridized carbons (Fsp3) is 0.357. The molecule has 2 aromatic carbocycles. The van der Waals surface area contributed by atoms with E-state index in [-0.39, 0.29) is 18.5 Å². The van der Waals surface area contributed by atoms with E-state index in [0.29, 0.717) is 35.4 Å². The molecule has 0 spiro atoms. The van der Waals surface area contributed by atoms with Gasteiger partial charge < -0.3 is 15.0 Å². The number of aliphatic hydroxyl groups is 1. The molecule has 8 heteroatoms. The second kappa shape index (κ2) is 10.7. The van der Waals surface area contributed by atoms with Crippen LogP contribution in [0.25, 0.3) is 22.6 Å². The number of nitrogens with one attached hydrogen (secondary N) is 1. The number of nitrogens with zero attached hydrogens (tertiary/aromatic N) is 5. The molecule has 1 saturated carbocycles. The van der Waals surface area contributed by atoms with Gasteiger partial charge in [-0.1, -0.05) is 53.9 Å². The number of rotatable bonds is 9. The Kier molecular flexibility index (Phi) is 7.17. The van der Waals surface area contributed by atoms with Crippen molar-refractivity contribution in [3.63, 3.8) is 0 Å². The van der Waals surface area contributed by atoms with Crippen LogP contribution in [0.15, 0.2) is 48.5 Å². The molecule has 2 N–H and O–H groups in total. The number of fused-ring (bicyclic) bond motifs is 1. The fourth-order valence-electron chi connectivity index (χ4n) is 4.87. The molecule has 0 unspecified atom stereocenters. The molecular weight excluding hydrogens is 472 g/mol. The molecule has 7 nitrogen and oxygen atoms in total. The van der Waals surface area contributed by atoms with Crippen molar-refractivity contribution in [3.8, 4) is 17.5 Å². The van der Waals surface area contributed by atoms with Crippen molar-refractivity contribution in [2.24, 2.45) is 5.92 Å². The van der Waals surface area contributed by atoms with Crippen molar-refractivity contribution in [2.45, 2.75) is 51.6 Å². The molecule has 1 aliphatic rings. The van der Waals surface area contributed by atoms with E-state index in [1.54, 1.807) is 0 Å². The van der Waals surface area contributed by atoms with Crippen molar-refractivity contribution in [2.75, 3.05) is 11.9 Å². The summed E-state index contributed by atoms with van der Waals surface area (Å²) in [6.07, 6.45) is 5.08. The van der Waals surface area contributed by atoms with Crippen LogP contribution in [0.1, 0.15) is 49.1 Å². The van der Waals surface area contributed by atoms with Crippen LogP contribution in [0.5, 0.6) is 0 Å². The Balaban J connectivity index is 1.67. The van der Waals surface area contributed by atoms with Crippen LogP contribution >= 0.6 is 11.6 Å². The number of benzene rings is 2. The summed E-state index contributed by atoms with van der Waals surface area (Å²) in [6, 6.07) is 18.3. The van der Waals surface area contributed by atoms with E-state index in [1.807, 2.05) is 36.4 Å². The third-order valence-electron chi connectivity index (χ3n) is 6.95. The first-order chi connectivity index (χ1) is 17.6. The van der Waals surface area contributed by atoms with Crippen LogP contribution in [-0.2, 0) is 6.54 Å². The zero-order chi connectivity index (χ0) is 25.1. The SMILES string of the molecule is Cc1cccc(-c2nc3nc(C#N)nc(N[C@H](CCCO)C4CCC4)c3n2Cc2ccc(Cl)cc2)c1. The third-order valence-corrected chi connectivity index (χ3v) is 7.20. The summed E-state index contributed by atoms with van der Waals surface area (Å²) in [4.78, 5) is 14.0. The summed E-state index contributed by atoms with van der Waals surface area (Å²) >= 11 is 6.14. The molecule has 5 rings (SSSR count). The second-order valence-electron chi connectivity index (χ2n) is 9.50. The summed E-state index contributed by atoms with van der Waals surface area (Å²) in [5, 5.41) is 23.5. The number of aromatic nitrogens is 4. The highest BCUT2D eigenvalue weighted by atomic mass is 35.5. The topological polar surface area (TPSA) is 99.7 Å². The number of aliphatic hydroxyl groups excluding tert-OH is 1. The summed E-state index contributed by atoms with van der Waals surface area (Å²) < 4.78 is 2.13. The highest BCUT2D eigenvalue weighted by Crippen LogP contribution is 2.35. The lowest BCUT2D eigenvalue weighted by Crippen LogP contribution is -2.34. The van der Waals surface area contributed by atoms with Gasteiger partial charge in [0.2, 0.25) is 5.82 Å². The first-order valence-electron chi connectivity index (χ1n) is 12.4. The molecule has 0 radical (unpaired) electrons. The molecule has 0 aliphatic heterocycles. The quantitative estimate of drug-likeness (QED) is 0.304. The number of anilines is 1. The van der Waals surface area contributed by atoms with Crippen LogP contribution in [0.4, 0.5) is 5.82 Å². The lowest BCUT2D eigenvalue weighted by atomic mass is 9.78. The largest absolute Gasteiger partial charge is 0.396 e. The van der Waals surface area contributed by atoms with Crippen molar-refractivity contribution >= 4 is 28.6 Å². The monoisotopic (exact) mass is 500 g/mol. The Morgan fingerprint density at radius 2 is 1.97 bits per heavy atom. The van der Waals surface area contributed by atoms with Gasteiger partial charge in [-0.2, -0.15) is 15.2 Å². The van der Waals surface area contributed by atoms with E-state index < -0.39 is 0 Å². The van der Waals surface area contributed by atoms with Crippen molar-refractivity contribution < 1.29 is 5.11 Å². The van der Waals surface area contributed by atoms with Gasteiger partial charge in [0.25, 0.3) is 0 Å². The zero-order valence-corrected chi connectivity index (χ0v) is 21.0. The molecule has 36 heavy (non-hydrogen) atoms. The summed E-state index contributed by atoms with van der Waals surface area (Å²) in [5.41, 5.74) is 4.44. The maximum atomic E-state index is 9.67. The first-order valence-corrected chi connectivity index (χ1v) is 12.8. The van der Waals surface area contributed by atoms with Gasteiger partial charge in [-0.15, -0.1) is 0 Å². The molecule has 0 bridgehead atoms. The van der Waals surface area contributed by atoms with Crippen molar-refractivity contribution in [1.29, 1.82) is 5.26 Å². The van der Waals surface area contributed by atoms with Crippen LogP contribution in [-0.4, -0.2) is 37.3 Å². The number of hydrogen-bond acceptors (Lipinski definition) is 6. The number of imidazole rings is 1. The predicted molar refractivity (Wildman–Crippen MR) is 142 cm³/mol. The molecule has 1 aliphatic carbocycles. The highest BCUT2D eigenvalue weighted by Gasteiger charge is 2.29. The summed E-state index contributed by atoms with van der Waals surface area (Å²) in [6.45, 7) is 2.76. The minimum atomic E-state index is 0.0893. The lowest BCUT2D eigenvalue weighted by Gasteiger charge is -2.34. The van der Waals surface area contributed by atoms with Gasteiger partial charge in [0, 0.05) is 29.8 Å². The molecule has 2 heterocycles. The van der Waals surface area contributed by atoms with Gasteiger partial charge in [-0.3, -0.25) is 0 Å². The number of hydrogen-bond donors (Lipinski definition) is 2. The third kappa shape index (κ3) is 5.06.